The predicted octanol–water partition coefficient (Wildman–Crippen LogP) is 2.85. The summed E-state index contributed by atoms with van der Waals surface area (Å²) < 4.78 is 5.60. The molecule has 0 bridgehead atoms. The highest BCUT2D eigenvalue weighted by atomic mass is 35.5. The Morgan fingerprint density at radius 2 is 1.76 bits per heavy atom. The lowest BCUT2D eigenvalue weighted by Gasteiger charge is -2.07. The van der Waals surface area contributed by atoms with Crippen molar-refractivity contribution in [2.45, 2.75) is 13.2 Å². The average molecular weight is 243 g/mol. The SMILES string of the molecule is [B]c1ccc(COCc2ccccc2)c(Cl)c1. The van der Waals surface area contributed by atoms with Gasteiger partial charge in [0.05, 0.1) is 13.2 Å². The molecule has 0 spiro atoms. The first-order valence-corrected chi connectivity index (χ1v) is 5.79. The summed E-state index contributed by atoms with van der Waals surface area (Å²) in [7, 11) is 5.62. The molecule has 2 radical (unpaired) electrons. The first kappa shape index (κ1) is 12.2. The van der Waals surface area contributed by atoms with Gasteiger partial charge in [-0.3, -0.25) is 0 Å². The van der Waals surface area contributed by atoms with Crippen LogP contribution in [0.3, 0.4) is 0 Å². The third-order valence-corrected chi connectivity index (χ3v) is 2.80. The molecule has 0 aliphatic rings. The zero-order valence-electron chi connectivity index (χ0n) is 9.40. The predicted molar refractivity (Wildman–Crippen MR) is 71.8 cm³/mol. The standard InChI is InChI=1S/C14H12BClO/c15-13-7-6-12(14(16)8-13)10-17-9-11-4-2-1-3-5-11/h1-8H,9-10H2. The molecule has 0 saturated heterocycles. The lowest BCUT2D eigenvalue weighted by molar-refractivity contribution is 0.107. The number of halogens is 1. The lowest BCUT2D eigenvalue weighted by atomic mass is 9.95. The minimum Gasteiger partial charge on any atom is -0.372 e. The highest BCUT2D eigenvalue weighted by molar-refractivity contribution is 6.36. The lowest BCUT2D eigenvalue weighted by Crippen LogP contribution is -2.03. The molecule has 17 heavy (non-hydrogen) atoms. The first-order valence-electron chi connectivity index (χ1n) is 5.41. The minimum absolute atomic E-state index is 0.494. The molecule has 0 atom stereocenters. The number of rotatable bonds is 4. The summed E-state index contributed by atoms with van der Waals surface area (Å²) in [5, 5.41) is 0.651. The highest BCUT2D eigenvalue weighted by Gasteiger charge is 2.00. The fourth-order valence-corrected chi connectivity index (χ4v) is 1.78. The molecule has 0 heterocycles. The zero-order valence-corrected chi connectivity index (χ0v) is 10.2. The molecule has 0 unspecified atom stereocenters. The summed E-state index contributed by atoms with van der Waals surface area (Å²) in [6.45, 7) is 1.08. The second-order valence-corrected chi connectivity index (χ2v) is 4.24. The topological polar surface area (TPSA) is 9.23 Å². The van der Waals surface area contributed by atoms with Gasteiger partial charge in [-0.2, -0.15) is 0 Å². The van der Waals surface area contributed by atoms with E-state index in [2.05, 4.69) is 0 Å². The molecule has 0 aromatic heterocycles. The molecule has 0 aliphatic heterocycles. The van der Waals surface area contributed by atoms with Gasteiger partial charge in [0.2, 0.25) is 0 Å². The summed E-state index contributed by atoms with van der Waals surface area (Å²) in [5.74, 6) is 0. The molecule has 84 valence electrons. The maximum Gasteiger partial charge on any atom is 0.113 e. The Kier molecular flexibility index (Phi) is 4.24. The Bertz CT molecular complexity index is 485. The van der Waals surface area contributed by atoms with Crippen LogP contribution in [0.25, 0.3) is 0 Å². The van der Waals surface area contributed by atoms with Crippen molar-refractivity contribution < 1.29 is 4.74 Å². The summed E-state index contributed by atoms with van der Waals surface area (Å²) >= 11 is 6.05. The third kappa shape index (κ3) is 3.62. The van der Waals surface area contributed by atoms with E-state index in [0.29, 0.717) is 23.7 Å². The quantitative estimate of drug-likeness (QED) is 0.749. The van der Waals surface area contributed by atoms with Crippen molar-refractivity contribution in [2.24, 2.45) is 0 Å². The number of hydrogen-bond acceptors (Lipinski definition) is 1. The molecule has 0 aliphatic carbocycles. The zero-order chi connectivity index (χ0) is 12.1. The summed E-state index contributed by atoms with van der Waals surface area (Å²) in [6.07, 6.45) is 0. The Labute approximate surface area is 108 Å². The second-order valence-electron chi connectivity index (χ2n) is 3.83. The largest absolute Gasteiger partial charge is 0.372 e. The second kappa shape index (κ2) is 5.90. The van der Waals surface area contributed by atoms with Crippen LogP contribution in [0.15, 0.2) is 48.5 Å². The molecule has 2 rings (SSSR count). The average Bonchev–Trinajstić information content (AvgIpc) is 2.33. The van der Waals surface area contributed by atoms with Crippen LogP contribution in [-0.2, 0) is 18.0 Å². The smallest absolute Gasteiger partial charge is 0.113 e. The van der Waals surface area contributed by atoms with E-state index in [1.165, 1.54) is 0 Å². The van der Waals surface area contributed by atoms with Crippen LogP contribution in [0.5, 0.6) is 0 Å². The van der Waals surface area contributed by atoms with Gasteiger partial charge in [0, 0.05) is 5.02 Å². The number of benzene rings is 2. The minimum atomic E-state index is 0.494. The first-order chi connectivity index (χ1) is 8.25. The van der Waals surface area contributed by atoms with Gasteiger partial charge in [-0.05, 0) is 11.1 Å². The molecular formula is C14H12BClO. The maximum atomic E-state index is 6.05. The van der Waals surface area contributed by atoms with Crippen molar-refractivity contribution in [3.05, 3.63) is 64.7 Å². The Hall–Kier alpha value is -1.25. The molecule has 2 aromatic rings. The van der Waals surface area contributed by atoms with Crippen LogP contribution in [0.2, 0.25) is 5.02 Å². The Balaban J connectivity index is 1.90. The van der Waals surface area contributed by atoms with E-state index in [0.717, 1.165) is 11.1 Å². The van der Waals surface area contributed by atoms with Crippen LogP contribution in [0, 0.1) is 0 Å². The van der Waals surface area contributed by atoms with Crippen LogP contribution in [-0.4, -0.2) is 7.85 Å². The Morgan fingerprint density at radius 1 is 1.00 bits per heavy atom. The van der Waals surface area contributed by atoms with Crippen LogP contribution in [0.1, 0.15) is 11.1 Å². The van der Waals surface area contributed by atoms with Gasteiger partial charge in [0.25, 0.3) is 0 Å². The van der Waals surface area contributed by atoms with Crippen LogP contribution >= 0.6 is 11.6 Å². The van der Waals surface area contributed by atoms with E-state index in [1.807, 2.05) is 42.5 Å². The Morgan fingerprint density at radius 3 is 2.47 bits per heavy atom. The van der Waals surface area contributed by atoms with Crippen LogP contribution < -0.4 is 5.46 Å². The molecule has 3 heteroatoms. The molecule has 0 saturated carbocycles. The highest BCUT2D eigenvalue weighted by Crippen LogP contribution is 2.15. The van der Waals surface area contributed by atoms with E-state index in [9.17, 15) is 0 Å². The van der Waals surface area contributed by atoms with Gasteiger partial charge in [-0.15, -0.1) is 0 Å². The molecule has 2 aromatic carbocycles. The van der Waals surface area contributed by atoms with Crippen molar-refractivity contribution in [2.75, 3.05) is 0 Å². The molecule has 0 fully saturated rings. The van der Waals surface area contributed by atoms with Gasteiger partial charge < -0.3 is 4.74 Å². The normalized spacial score (nSPS) is 10.4. The van der Waals surface area contributed by atoms with Gasteiger partial charge >= 0.3 is 0 Å². The van der Waals surface area contributed by atoms with E-state index in [-0.39, 0.29) is 0 Å². The fraction of sp³-hybridized carbons (Fsp3) is 0.143. The van der Waals surface area contributed by atoms with Gasteiger partial charge in [-0.1, -0.05) is 65.6 Å². The summed E-state index contributed by atoms with van der Waals surface area (Å²) in [6, 6.07) is 15.5. The van der Waals surface area contributed by atoms with Crippen molar-refractivity contribution in [3.63, 3.8) is 0 Å². The molecular weight excluding hydrogens is 230 g/mol. The van der Waals surface area contributed by atoms with Crippen molar-refractivity contribution in [1.29, 1.82) is 0 Å². The number of ether oxygens (including phenoxy) is 1. The van der Waals surface area contributed by atoms with Gasteiger partial charge in [-0.25, -0.2) is 0 Å². The van der Waals surface area contributed by atoms with Crippen LogP contribution in [0.4, 0.5) is 0 Å². The van der Waals surface area contributed by atoms with Crippen molar-refractivity contribution in [1.82, 2.24) is 0 Å². The van der Waals surface area contributed by atoms with Gasteiger partial charge in [0.1, 0.15) is 7.85 Å². The van der Waals surface area contributed by atoms with E-state index >= 15 is 0 Å². The summed E-state index contributed by atoms with van der Waals surface area (Å²) in [4.78, 5) is 0. The molecule has 1 nitrogen and oxygen atoms in total. The van der Waals surface area contributed by atoms with E-state index in [1.54, 1.807) is 6.07 Å². The maximum absolute atomic E-state index is 6.05. The van der Waals surface area contributed by atoms with Gasteiger partial charge in [0.15, 0.2) is 0 Å². The summed E-state index contributed by atoms with van der Waals surface area (Å²) in [5.41, 5.74) is 2.78. The van der Waals surface area contributed by atoms with E-state index < -0.39 is 0 Å². The van der Waals surface area contributed by atoms with Crippen molar-refractivity contribution >= 4 is 24.9 Å². The van der Waals surface area contributed by atoms with E-state index in [4.69, 9.17) is 24.2 Å². The molecule has 0 N–H and O–H groups in total. The third-order valence-electron chi connectivity index (χ3n) is 2.45. The number of hydrogen-bond donors (Lipinski definition) is 0. The monoisotopic (exact) mass is 242 g/mol. The fourth-order valence-electron chi connectivity index (χ4n) is 1.53. The molecule has 0 amide bonds. The van der Waals surface area contributed by atoms with Crippen molar-refractivity contribution in [3.8, 4) is 0 Å².